The molecule has 2 atom stereocenters. The van der Waals surface area contributed by atoms with Crippen LogP contribution in [0, 0.1) is 11.7 Å². The van der Waals surface area contributed by atoms with Gasteiger partial charge in [0.25, 0.3) is 5.91 Å². The van der Waals surface area contributed by atoms with Crippen LogP contribution in [0.1, 0.15) is 16.8 Å². The van der Waals surface area contributed by atoms with Crippen LogP contribution in [-0.2, 0) is 0 Å². The van der Waals surface area contributed by atoms with E-state index in [2.05, 4.69) is 5.32 Å². The Morgan fingerprint density at radius 1 is 1.50 bits per heavy atom. The second kappa shape index (κ2) is 5.50. The van der Waals surface area contributed by atoms with Crippen molar-refractivity contribution in [2.75, 3.05) is 6.61 Å². The van der Waals surface area contributed by atoms with Crippen molar-refractivity contribution < 1.29 is 14.3 Å². The summed E-state index contributed by atoms with van der Waals surface area (Å²) in [4.78, 5) is 11.9. The number of amides is 1. The Morgan fingerprint density at radius 3 is 2.94 bits per heavy atom. The normalized spacial score (nSPS) is 22.2. The maximum Gasteiger partial charge on any atom is 0.254 e. The summed E-state index contributed by atoms with van der Waals surface area (Å²) in [6.07, 6.45) is 4.28. The minimum absolute atomic E-state index is 0.0500. The number of nitrogens with one attached hydrogen (secondary N) is 1. The molecule has 1 amide bonds. The van der Waals surface area contributed by atoms with E-state index < -0.39 is 11.7 Å². The summed E-state index contributed by atoms with van der Waals surface area (Å²) in [6.45, 7) is 0.0500. The van der Waals surface area contributed by atoms with Gasteiger partial charge in [-0.05, 0) is 24.6 Å². The van der Waals surface area contributed by atoms with Gasteiger partial charge < -0.3 is 10.4 Å². The fraction of sp³-hybridized carbons (Fsp3) is 0.308. The zero-order valence-corrected chi connectivity index (χ0v) is 10.3. The summed E-state index contributed by atoms with van der Waals surface area (Å²) < 4.78 is 13.5. The number of rotatable bonds is 3. The van der Waals surface area contributed by atoms with Crippen LogP contribution in [0.2, 0.25) is 5.02 Å². The molecule has 0 unspecified atom stereocenters. The lowest BCUT2D eigenvalue weighted by atomic mass is 10.1. The standard InChI is InChI=1S/C13H13ClFNO2/c14-9-2-4-12(15)11(6-9)13(18)16-10-3-1-8(5-10)7-17/h1-4,6,8,10,17H,5,7H2,(H,16,18)/t8-,10+/m0/s1. The lowest BCUT2D eigenvalue weighted by Crippen LogP contribution is -2.33. The highest BCUT2D eigenvalue weighted by atomic mass is 35.5. The van der Waals surface area contributed by atoms with E-state index in [1.165, 1.54) is 12.1 Å². The SMILES string of the molecule is O=C(N[C@@H]1C=C[C@H](CO)C1)c1cc(Cl)ccc1F. The summed E-state index contributed by atoms with van der Waals surface area (Å²) in [6, 6.07) is 3.69. The molecule has 0 saturated carbocycles. The lowest BCUT2D eigenvalue weighted by Gasteiger charge is -2.13. The molecule has 0 bridgehead atoms. The minimum atomic E-state index is -0.599. The topological polar surface area (TPSA) is 49.3 Å². The molecular weight excluding hydrogens is 257 g/mol. The Hall–Kier alpha value is -1.39. The van der Waals surface area contributed by atoms with Crippen molar-refractivity contribution in [3.63, 3.8) is 0 Å². The first-order valence-electron chi connectivity index (χ1n) is 5.65. The fourth-order valence-corrected chi connectivity index (χ4v) is 2.11. The minimum Gasteiger partial charge on any atom is -0.396 e. The molecule has 1 aliphatic rings. The summed E-state index contributed by atoms with van der Waals surface area (Å²) >= 11 is 5.73. The Morgan fingerprint density at radius 2 is 2.28 bits per heavy atom. The highest BCUT2D eigenvalue weighted by Crippen LogP contribution is 2.19. The van der Waals surface area contributed by atoms with Crippen LogP contribution >= 0.6 is 11.6 Å². The molecule has 0 spiro atoms. The van der Waals surface area contributed by atoms with Gasteiger partial charge in [-0.1, -0.05) is 23.8 Å². The van der Waals surface area contributed by atoms with Crippen LogP contribution in [0.15, 0.2) is 30.4 Å². The smallest absolute Gasteiger partial charge is 0.254 e. The Labute approximate surface area is 109 Å². The molecule has 1 aliphatic carbocycles. The molecule has 0 radical (unpaired) electrons. The third-order valence-electron chi connectivity index (χ3n) is 2.90. The van der Waals surface area contributed by atoms with Crippen molar-refractivity contribution in [3.05, 3.63) is 46.8 Å². The van der Waals surface area contributed by atoms with Gasteiger partial charge in [0.1, 0.15) is 5.82 Å². The molecule has 0 fully saturated rings. The first-order valence-corrected chi connectivity index (χ1v) is 6.03. The number of carbonyl (C=O) groups excluding carboxylic acids is 1. The second-order valence-corrected chi connectivity index (χ2v) is 4.70. The van der Waals surface area contributed by atoms with E-state index in [1.807, 2.05) is 6.08 Å². The predicted molar refractivity (Wildman–Crippen MR) is 67.0 cm³/mol. The fourth-order valence-electron chi connectivity index (χ4n) is 1.93. The van der Waals surface area contributed by atoms with Crippen LogP contribution in [0.3, 0.4) is 0 Å². The van der Waals surface area contributed by atoms with Crippen LogP contribution in [0.25, 0.3) is 0 Å². The van der Waals surface area contributed by atoms with E-state index in [1.54, 1.807) is 6.08 Å². The Bertz CT molecular complexity index is 490. The van der Waals surface area contributed by atoms with E-state index in [0.29, 0.717) is 11.4 Å². The Balaban J connectivity index is 2.04. The second-order valence-electron chi connectivity index (χ2n) is 4.27. The number of aliphatic hydroxyl groups is 1. The van der Waals surface area contributed by atoms with Gasteiger partial charge in [0, 0.05) is 23.6 Å². The number of hydrogen-bond donors (Lipinski definition) is 2. The van der Waals surface area contributed by atoms with Gasteiger partial charge in [-0.3, -0.25) is 4.79 Å². The van der Waals surface area contributed by atoms with Crippen molar-refractivity contribution in [2.24, 2.45) is 5.92 Å². The third kappa shape index (κ3) is 2.89. The maximum atomic E-state index is 13.5. The van der Waals surface area contributed by atoms with Crippen molar-refractivity contribution in [1.29, 1.82) is 0 Å². The summed E-state index contributed by atoms with van der Waals surface area (Å²) in [5, 5.41) is 12.0. The molecule has 1 aromatic carbocycles. The van der Waals surface area contributed by atoms with Crippen molar-refractivity contribution in [3.8, 4) is 0 Å². The zero-order valence-electron chi connectivity index (χ0n) is 9.57. The maximum absolute atomic E-state index is 13.5. The number of benzene rings is 1. The molecule has 2 N–H and O–H groups in total. The van der Waals surface area contributed by atoms with Gasteiger partial charge in [-0.2, -0.15) is 0 Å². The number of carbonyl (C=O) groups is 1. The number of hydrogen-bond acceptors (Lipinski definition) is 2. The van der Waals surface area contributed by atoms with Crippen LogP contribution < -0.4 is 5.32 Å². The molecule has 96 valence electrons. The first kappa shape index (κ1) is 13.1. The summed E-state index contributed by atoms with van der Waals surface area (Å²) in [5.74, 6) is -1.04. The largest absolute Gasteiger partial charge is 0.396 e. The van der Waals surface area contributed by atoms with Crippen LogP contribution in [0.4, 0.5) is 4.39 Å². The lowest BCUT2D eigenvalue weighted by molar-refractivity contribution is 0.0937. The predicted octanol–water partition coefficient (Wildman–Crippen LogP) is 2.15. The zero-order chi connectivity index (χ0) is 13.1. The number of aliphatic hydroxyl groups excluding tert-OH is 1. The molecule has 0 aromatic heterocycles. The molecule has 1 aromatic rings. The monoisotopic (exact) mass is 269 g/mol. The van der Waals surface area contributed by atoms with E-state index in [-0.39, 0.29) is 24.1 Å². The number of halogens is 2. The average Bonchev–Trinajstić information content (AvgIpc) is 2.80. The molecule has 2 rings (SSSR count). The van der Waals surface area contributed by atoms with Crippen molar-refractivity contribution in [2.45, 2.75) is 12.5 Å². The molecule has 0 saturated heterocycles. The molecule has 5 heteroatoms. The highest BCUT2D eigenvalue weighted by molar-refractivity contribution is 6.31. The van der Waals surface area contributed by atoms with Gasteiger partial charge in [0.05, 0.1) is 5.56 Å². The van der Waals surface area contributed by atoms with E-state index in [4.69, 9.17) is 16.7 Å². The van der Waals surface area contributed by atoms with Crippen molar-refractivity contribution >= 4 is 17.5 Å². The van der Waals surface area contributed by atoms with E-state index in [9.17, 15) is 9.18 Å². The van der Waals surface area contributed by atoms with E-state index >= 15 is 0 Å². The molecular formula is C13H13ClFNO2. The van der Waals surface area contributed by atoms with E-state index in [0.717, 1.165) is 6.07 Å². The van der Waals surface area contributed by atoms with Gasteiger partial charge >= 0.3 is 0 Å². The average molecular weight is 270 g/mol. The first-order chi connectivity index (χ1) is 8.60. The van der Waals surface area contributed by atoms with Gasteiger partial charge in [0.2, 0.25) is 0 Å². The molecule has 0 heterocycles. The Kier molecular flexibility index (Phi) is 3.99. The summed E-state index contributed by atoms with van der Waals surface area (Å²) in [7, 11) is 0. The van der Waals surface area contributed by atoms with Crippen LogP contribution in [0.5, 0.6) is 0 Å². The van der Waals surface area contributed by atoms with Crippen LogP contribution in [-0.4, -0.2) is 23.7 Å². The summed E-state index contributed by atoms with van der Waals surface area (Å²) in [5.41, 5.74) is -0.0663. The quantitative estimate of drug-likeness (QED) is 0.826. The molecule has 3 nitrogen and oxygen atoms in total. The third-order valence-corrected chi connectivity index (χ3v) is 3.13. The van der Waals surface area contributed by atoms with Gasteiger partial charge in [0.15, 0.2) is 0 Å². The molecule has 18 heavy (non-hydrogen) atoms. The van der Waals surface area contributed by atoms with Gasteiger partial charge in [-0.25, -0.2) is 4.39 Å². The van der Waals surface area contributed by atoms with Gasteiger partial charge in [-0.15, -0.1) is 0 Å². The van der Waals surface area contributed by atoms with Crippen molar-refractivity contribution in [1.82, 2.24) is 5.32 Å². The highest BCUT2D eigenvalue weighted by Gasteiger charge is 2.21. The molecule has 0 aliphatic heterocycles.